The Hall–Kier alpha value is -4.22. The molecule has 6 aromatic carbocycles. The first-order valence-electron chi connectivity index (χ1n) is 13.4. The SMILES string of the molecule is c1ccc(P(c2ccccc2)c2ccc3c(c2P(c2ccccc2)c2ccccc2)Nc2ccccc2O3)cc1. The van der Waals surface area contributed by atoms with E-state index in [0.717, 1.165) is 22.9 Å². The molecule has 4 heteroatoms. The third-order valence-corrected chi connectivity index (χ3v) is 12.2. The van der Waals surface area contributed by atoms with Crippen molar-refractivity contribution in [2.45, 2.75) is 0 Å². The van der Waals surface area contributed by atoms with E-state index in [2.05, 4.69) is 151 Å². The summed E-state index contributed by atoms with van der Waals surface area (Å²) in [4.78, 5) is 0. The monoisotopic (exact) mass is 551 g/mol. The Morgan fingerprint density at radius 3 is 1.38 bits per heavy atom. The highest BCUT2D eigenvalue weighted by Crippen LogP contribution is 2.48. The number of nitrogens with one attached hydrogen (secondary N) is 1. The van der Waals surface area contributed by atoms with E-state index < -0.39 is 15.8 Å². The summed E-state index contributed by atoms with van der Waals surface area (Å²) in [5, 5.41) is 11.8. The summed E-state index contributed by atoms with van der Waals surface area (Å²) in [5.41, 5.74) is 2.06. The average molecular weight is 552 g/mol. The minimum atomic E-state index is -0.910. The molecule has 0 spiro atoms. The maximum atomic E-state index is 6.54. The van der Waals surface area contributed by atoms with Crippen LogP contribution in [0.1, 0.15) is 0 Å². The predicted molar refractivity (Wildman–Crippen MR) is 174 cm³/mol. The smallest absolute Gasteiger partial charge is 0.151 e. The van der Waals surface area contributed by atoms with E-state index in [1.807, 2.05) is 12.1 Å². The minimum absolute atomic E-state index is 0.842. The molecule has 40 heavy (non-hydrogen) atoms. The summed E-state index contributed by atoms with van der Waals surface area (Å²) in [6.45, 7) is 0. The lowest BCUT2D eigenvalue weighted by Crippen LogP contribution is -2.36. The van der Waals surface area contributed by atoms with Crippen LogP contribution in [0.15, 0.2) is 158 Å². The largest absolute Gasteiger partial charge is 0.453 e. The number of ether oxygens (including phenoxy) is 1. The van der Waals surface area contributed by atoms with Gasteiger partial charge in [0.1, 0.15) is 0 Å². The molecule has 0 bridgehead atoms. The molecule has 6 aromatic rings. The standard InChI is InChI=1S/C36H27NOP2/c1-5-15-27(16-6-1)39(28-17-7-2-8-18-28)34-26-25-33-35(37-31-23-13-14-24-32(31)38-33)36(34)40(29-19-9-3-10-20-29)30-21-11-4-12-22-30/h1-26,37H. The number of anilines is 2. The van der Waals surface area contributed by atoms with Crippen LogP contribution in [-0.4, -0.2) is 0 Å². The van der Waals surface area contributed by atoms with Gasteiger partial charge in [0, 0.05) is 5.30 Å². The quantitative estimate of drug-likeness (QED) is 0.224. The van der Waals surface area contributed by atoms with Gasteiger partial charge in [0.15, 0.2) is 11.5 Å². The van der Waals surface area contributed by atoms with Crippen LogP contribution in [0.5, 0.6) is 11.5 Å². The fourth-order valence-corrected chi connectivity index (χ4v) is 10.6. The first-order valence-corrected chi connectivity index (χ1v) is 16.1. The van der Waals surface area contributed by atoms with Crippen LogP contribution in [0.25, 0.3) is 0 Å². The van der Waals surface area contributed by atoms with Crippen molar-refractivity contribution >= 4 is 59.0 Å². The predicted octanol–water partition coefficient (Wildman–Crippen LogP) is 7.05. The second-order valence-electron chi connectivity index (χ2n) is 9.54. The molecule has 0 aromatic heterocycles. The molecule has 1 N–H and O–H groups in total. The highest BCUT2D eigenvalue weighted by Gasteiger charge is 2.32. The average Bonchev–Trinajstić information content (AvgIpc) is 3.03. The lowest BCUT2D eigenvalue weighted by molar-refractivity contribution is 0.482. The molecule has 0 radical (unpaired) electrons. The molecule has 192 valence electrons. The number of para-hydroxylation sites is 2. The van der Waals surface area contributed by atoms with Crippen molar-refractivity contribution < 1.29 is 4.74 Å². The van der Waals surface area contributed by atoms with Crippen LogP contribution < -0.4 is 41.9 Å². The van der Waals surface area contributed by atoms with E-state index in [1.165, 1.54) is 31.8 Å². The molecule has 1 heterocycles. The second kappa shape index (κ2) is 11.1. The van der Waals surface area contributed by atoms with Crippen LogP contribution in [0.4, 0.5) is 11.4 Å². The summed E-state index contributed by atoms with van der Waals surface area (Å²) in [5.74, 6) is 1.72. The van der Waals surface area contributed by atoms with Crippen LogP contribution >= 0.6 is 15.8 Å². The first-order chi connectivity index (χ1) is 19.9. The molecule has 1 aliphatic heterocycles. The molecule has 0 unspecified atom stereocenters. The first kappa shape index (κ1) is 24.8. The Balaban J connectivity index is 1.55. The molecule has 1 aliphatic rings. The summed E-state index contributed by atoms with van der Waals surface area (Å²) in [7, 11) is -1.75. The topological polar surface area (TPSA) is 21.3 Å². The zero-order valence-corrected chi connectivity index (χ0v) is 23.6. The molecule has 2 nitrogen and oxygen atoms in total. The maximum Gasteiger partial charge on any atom is 0.151 e. The van der Waals surface area contributed by atoms with E-state index in [-0.39, 0.29) is 0 Å². The van der Waals surface area contributed by atoms with Gasteiger partial charge in [-0.15, -0.1) is 0 Å². The Labute approximate surface area is 237 Å². The lowest BCUT2D eigenvalue weighted by Gasteiger charge is -2.32. The Bertz CT molecular complexity index is 1660. The van der Waals surface area contributed by atoms with Gasteiger partial charge in [-0.1, -0.05) is 133 Å². The maximum absolute atomic E-state index is 6.54. The zero-order chi connectivity index (χ0) is 26.7. The molecule has 0 fully saturated rings. The minimum Gasteiger partial charge on any atom is -0.453 e. The van der Waals surface area contributed by atoms with Crippen molar-refractivity contribution in [1.29, 1.82) is 0 Å². The van der Waals surface area contributed by atoms with Crippen LogP contribution in [-0.2, 0) is 0 Å². The molecular weight excluding hydrogens is 524 g/mol. The van der Waals surface area contributed by atoms with Crippen molar-refractivity contribution in [2.75, 3.05) is 5.32 Å². The number of hydrogen-bond donors (Lipinski definition) is 1. The van der Waals surface area contributed by atoms with E-state index in [1.54, 1.807) is 0 Å². The second-order valence-corrected chi connectivity index (χ2v) is 13.9. The summed E-state index contributed by atoms with van der Waals surface area (Å²) in [6, 6.07) is 56.5. The molecule has 0 amide bonds. The summed E-state index contributed by atoms with van der Waals surface area (Å²) >= 11 is 0. The van der Waals surface area contributed by atoms with Crippen LogP contribution in [0.2, 0.25) is 0 Å². The van der Waals surface area contributed by atoms with Gasteiger partial charge in [-0.25, -0.2) is 0 Å². The van der Waals surface area contributed by atoms with Gasteiger partial charge in [0.25, 0.3) is 0 Å². The van der Waals surface area contributed by atoms with E-state index >= 15 is 0 Å². The Morgan fingerprint density at radius 1 is 0.400 bits per heavy atom. The van der Waals surface area contributed by atoms with Crippen LogP contribution in [0.3, 0.4) is 0 Å². The van der Waals surface area contributed by atoms with Crippen molar-refractivity contribution in [1.82, 2.24) is 0 Å². The summed E-state index contributed by atoms with van der Waals surface area (Å²) < 4.78 is 6.54. The molecule has 0 atom stereocenters. The van der Waals surface area contributed by atoms with Gasteiger partial charge in [-0.3, -0.25) is 0 Å². The molecular formula is C36H27NOP2. The van der Waals surface area contributed by atoms with Crippen molar-refractivity contribution in [3.63, 3.8) is 0 Å². The van der Waals surface area contributed by atoms with Crippen molar-refractivity contribution in [2.24, 2.45) is 0 Å². The highest BCUT2D eigenvalue weighted by atomic mass is 31.1. The van der Waals surface area contributed by atoms with Gasteiger partial charge in [0.2, 0.25) is 0 Å². The fraction of sp³-hybridized carbons (Fsp3) is 0. The van der Waals surface area contributed by atoms with E-state index in [4.69, 9.17) is 4.74 Å². The van der Waals surface area contributed by atoms with Gasteiger partial charge in [-0.05, 0) is 66.6 Å². The molecule has 0 saturated heterocycles. The van der Waals surface area contributed by atoms with Crippen LogP contribution in [0, 0.1) is 0 Å². The fourth-order valence-electron chi connectivity index (χ4n) is 5.23. The van der Waals surface area contributed by atoms with Gasteiger partial charge in [-0.2, -0.15) is 0 Å². The number of rotatable bonds is 6. The number of fused-ring (bicyclic) bond motifs is 2. The molecule has 0 saturated carbocycles. The van der Waals surface area contributed by atoms with E-state index in [0.29, 0.717) is 0 Å². The number of hydrogen-bond acceptors (Lipinski definition) is 2. The third-order valence-electron chi connectivity index (χ3n) is 7.01. The van der Waals surface area contributed by atoms with Gasteiger partial charge in [0.05, 0.1) is 11.4 Å². The normalized spacial score (nSPS) is 11.8. The van der Waals surface area contributed by atoms with Gasteiger partial charge >= 0.3 is 0 Å². The Kier molecular flexibility index (Phi) is 6.88. The highest BCUT2D eigenvalue weighted by molar-refractivity contribution is 7.85. The third kappa shape index (κ3) is 4.71. The summed E-state index contributed by atoms with van der Waals surface area (Å²) in [6.07, 6.45) is 0. The molecule has 7 rings (SSSR count). The molecule has 0 aliphatic carbocycles. The zero-order valence-electron chi connectivity index (χ0n) is 21.8. The lowest BCUT2D eigenvalue weighted by atomic mass is 10.2. The van der Waals surface area contributed by atoms with Crippen molar-refractivity contribution in [3.05, 3.63) is 158 Å². The van der Waals surface area contributed by atoms with Gasteiger partial charge < -0.3 is 10.1 Å². The Morgan fingerprint density at radius 2 is 0.850 bits per heavy atom. The number of benzene rings is 6. The van der Waals surface area contributed by atoms with E-state index in [9.17, 15) is 0 Å². The van der Waals surface area contributed by atoms with Crippen molar-refractivity contribution in [3.8, 4) is 11.5 Å².